The Morgan fingerprint density at radius 3 is 2.35 bits per heavy atom. The van der Waals surface area contributed by atoms with Crippen LogP contribution in [0.2, 0.25) is 11.0 Å². The van der Waals surface area contributed by atoms with Crippen molar-refractivity contribution < 1.29 is 23.9 Å². The normalized spacial score (nSPS) is 23.8. The second-order valence-corrected chi connectivity index (χ2v) is 10.9. The number of fused-ring (bicyclic) bond motifs is 1. The Kier molecular flexibility index (Phi) is 6.98. The fraction of sp³-hybridized carbons (Fsp3) is 0.400. The highest BCUT2D eigenvalue weighted by molar-refractivity contribution is 6.52. The van der Waals surface area contributed by atoms with Crippen LogP contribution < -0.4 is 4.74 Å². The Balaban J connectivity index is 1.29. The van der Waals surface area contributed by atoms with Crippen LogP contribution in [-0.4, -0.2) is 96.2 Å². The van der Waals surface area contributed by atoms with Crippen molar-refractivity contribution in [3.05, 3.63) is 64.7 Å². The van der Waals surface area contributed by atoms with Crippen LogP contribution in [-0.2, 0) is 34.0 Å². The molecule has 5 rings (SSSR count). The monoisotopic (exact) mass is 497 g/mol. The Bertz CT molecular complexity index is 1220. The summed E-state index contributed by atoms with van der Waals surface area (Å²) in [7, 11) is 7.10. The van der Waals surface area contributed by atoms with E-state index in [2.05, 4.69) is 29.2 Å². The summed E-state index contributed by atoms with van der Waals surface area (Å²) in [6.45, 7) is 5.04. The average Bonchev–Trinajstić information content (AvgIpc) is 3.23. The predicted octanol–water partition coefficient (Wildman–Crippen LogP) is -1.86. The quantitative estimate of drug-likeness (QED) is 0.345. The van der Waals surface area contributed by atoms with Gasteiger partial charge < -0.3 is 19.2 Å². The first-order chi connectivity index (χ1) is 17.7. The summed E-state index contributed by atoms with van der Waals surface area (Å²) in [5, 5.41) is -0.692. The van der Waals surface area contributed by atoms with Crippen molar-refractivity contribution in [2.75, 3.05) is 26.3 Å². The largest absolute Gasteiger partial charge is 0.489 e. The van der Waals surface area contributed by atoms with Crippen molar-refractivity contribution in [1.82, 2.24) is 14.6 Å². The van der Waals surface area contributed by atoms with Crippen molar-refractivity contribution in [3.8, 4) is 5.75 Å². The first-order valence-corrected chi connectivity index (χ1v) is 12.9. The molecule has 12 heteroatoms. The van der Waals surface area contributed by atoms with Crippen LogP contribution in [0.5, 0.6) is 5.75 Å². The van der Waals surface area contributed by atoms with E-state index in [9.17, 15) is 14.4 Å². The zero-order valence-electron chi connectivity index (χ0n) is 22.0. The maximum atomic E-state index is 13.5. The SMILES string of the molecule is BC1C(=O)N(B)C(=O)C(N2Cc3c(OCc4ccc(CN5CCOCC5)cc4)cccc3C2=O)C1(B)B. The van der Waals surface area contributed by atoms with E-state index in [0.29, 0.717) is 17.9 Å². The van der Waals surface area contributed by atoms with Gasteiger partial charge in [0.15, 0.2) is 0 Å². The topological polar surface area (TPSA) is 79.4 Å². The van der Waals surface area contributed by atoms with Crippen molar-refractivity contribution in [2.24, 2.45) is 0 Å². The molecule has 0 saturated carbocycles. The molecule has 3 aliphatic heterocycles. The van der Waals surface area contributed by atoms with E-state index in [-0.39, 0.29) is 24.3 Å². The Labute approximate surface area is 221 Å². The molecule has 2 saturated heterocycles. The van der Waals surface area contributed by atoms with Gasteiger partial charge in [-0.2, -0.15) is 0 Å². The first-order valence-electron chi connectivity index (χ1n) is 12.9. The third-order valence-electron chi connectivity index (χ3n) is 8.28. The number of amides is 3. The van der Waals surface area contributed by atoms with Crippen LogP contribution in [0.4, 0.5) is 0 Å². The molecule has 3 heterocycles. The molecule has 3 aliphatic rings. The molecule has 0 N–H and O–H groups in total. The maximum Gasteiger partial charge on any atom is 0.255 e. The minimum atomic E-state index is -0.725. The minimum absolute atomic E-state index is 0.200. The van der Waals surface area contributed by atoms with Crippen LogP contribution in [0, 0.1) is 0 Å². The van der Waals surface area contributed by atoms with E-state index < -0.39 is 17.1 Å². The highest BCUT2D eigenvalue weighted by atomic mass is 16.5. The fourth-order valence-electron chi connectivity index (χ4n) is 5.58. The molecule has 0 aromatic heterocycles. The number of carbonyl (C=O) groups is 3. The highest BCUT2D eigenvalue weighted by Gasteiger charge is 2.54. The van der Waals surface area contributed by atoms with E-state index in [1.165, 1.54) is 13.5 Å². The van der Waals surface area contributed by atoms with Crippen molar-refractivity contribution >= 4 is 49.2 Å². The summed E-state index contributed by atoms with van der Waals surface area (Å²) in [5.74, 6) is -0.499. The van der Waals surface area contributed by atoms with E-state index >= 15 is 0 Å². The van der Waals surface area contributed by atoms with Gasteiger partial charge in [0.05, 0.1) is 19.8 Å². The number of piperidine rings is 1. The summed E-state index contributed by atoms with van der Waals surface area (Å²) < 4.78 is 11.6. The second-order valence-electron chi connectivity index (χ2n) is 10.9. The smallest absolute Gasteiger partial charge is 0.255 e. The van der Waals surface area contributed by atoms with Gasteiger partial charge in [0, 0.05) is 36.6 Å². The molecule has 0 radical (unpaired) electrons. The number of morpholine rings is 1. The molecule has 2 aromatic carbocycles. The summed E-state index contributed by atoms with van der Waals surface area (Å²) in [5.41, 5.74) is 3.63. The zero-order valence-corrected chi connectivity index (χ0v) is 22.0. The third kappa shape index (κ3) is 4.73. The number of benzene rings is 2. The zero-order chi connectivity index (χ0) is 26.3. The molecule has 2 unspecified atom stereocenters. The lowest BCUT2D eigenvalue weighted by molar-refractivity contribution is -0.146. The standard InChI is InChI=1S/C25H31B4N3O5/c26-20-23(34)32(29)24(35)21(25(20,27)28)31-13-18-17(22(31)33)2-1-3-19(18)37-14-16-6-4-15(5-7-16)12-30-8-10-36-11-9-30/h1-7,20-21H,8-14,26-29H2. The number of rotatable bonds is 6. The average molecular weight is 497 g/mol. The van der Waals surface area contributed by atoms with Crippen LogP contribution >= 0.6 is 0 Å². The minimum Gasteiger partial charge on any atom is -0.489 e. The highest BCUT2D eigenvalue weighted by Crippen LogP contribution is 2.46. The van der Waals surface area contributed by atoms with Crippen molar-refractivity contribution in [3.63, 3.8) is 0 Å². The van der Waals surface area contributed by atoms with E-state index in [4.69, 9.17) is 9.47 Å². The molecule has 2 aromatic rings. The Hall–Kier alpha value is -2.97. The Morgan fingerprint density at radius 2 is 1.65 bits per heavy atom. The lowest BCUT2D eigenvalue weighted by Crippen LogP contribution is -2.63. The molecule has 2 fully saturated rings. The molecule has 8 nitrogen and oxygen atoms in total. The number of hydrogen-bond acceptors (Lipinski definition) is 6. The van der Waals surface area contributed by atoms with Gasteiger partial charge in [0.1, 0.15) is 41.9 Å². The first kappa shape index (κ1) is 25.7. The molecule has 0 bridgehead atoms. The number of carbonyl (C=O) groups excluding carboxylic acids is 3. The van der Waals surface area contributed by atoms with E-state index in [0.717, 1.165) is 48.8 Å². The Morgan fingerprint density at radius 1 is 0.973 bits per heavy atom. The van der Waals surface area contributed by atoms with Gasteiger partial charge in [-0.3, -0.25) is 19.3 Å². The molecular formula is C25H31B4N3O5. The lowest BCUT2D eigenvalue weighted by Gasteiger charge is -2.49. The van der Waals surface area contributed by atoms with Gasteiger partial charge in [-0.25, -0.2) is 0 Å². The molecule has 3 amide bonds. The van der Waals surface area contributed by atoms with Gasteiger partial charge in [-0.05, 0) is 23.3 Å². The van der Waals surface area contributed by atoms with Crippen molar-refractivity contribution in [1.29, 1.82) is 0 Å². The number of ether oxygens (including phenoxy) is 2. The molecule has 2 atom stereocenters. The van der Waals surface area contributed by atoms with Gasteiger partial charge in [0.25, 0.3) is 5.91 Å². The van der Waals surface area contributed by atoms with Gasteiger partial charge in [0.2, 0.25) is 19.8 Å². The molecule has 0 aliphatic carbocycles. The van der Waals surface area contributed by atoms with E-state index in [1.54, 1.807) is 11.0 Å². The second kappa shape index (κ2) is 10.1. The summed E-state index contributed by atoms with van der Waals surface area (Å²) >= 11 is 0. The van der Waals surface area contributed by atoms with Gasteiger partial charge in [-0.15, -0.1) is 0 Å². The molecule has 37 heavy (non-hydrogen) atoms. The summed E-state index contributed by atoms with van der Waals surface area (Å²) in [6.07, 6.45) is 0. The maximum absolute atomic E-state index is 13.5. The van der Waals surface area contributed by atoms with Crippen molar-refractivity contribution in [2.45, 2.75) is 36.8 Å². The number of hydrogen-bond donors (Lipinski definition) is 0. The summed E-state index contributed by atoms with van der Waals surface area (Å²) in [6, 6.07) is 13.2. The molecule has 188 valence electrons. The molecular weight excluding hydrogens is 466 g/mol. The predicted molar refractivity (Wildman–Crippen MR) is 149 cm³/mol. The van der Waals surface area contributed by atoms with Gasteiger partial charge >= 0.3 is 0 Å². The van der Waals surface area contributed by atoms with Crippen LogP contribution in [0.1, 0.15) is 27.0 Å². The van der Waals surface area contributed by atoms with E-state index in [1.807, 2.05) is 35.7 Å². The molecule has 0 spiro atoms. The van der Waals surface area contributed by atoms with Crippen LogP contribution in [0.25, 0.3) is 0 Å². The fourth-order valence-corrected chi connectivity index (χ4v) is 5.58. The number of nitrogens with zero attached hydrogens (tertiary/aromatic N) is 3. The van der Waals surface area contributed by atoms with Crippen LogP contribution in [0.3, 0.4) is 0 Å². The van der Waals surface area contributed by atoms with Gasteiger partial charge in [-0.1, -0.05) is 35.5 Å². The third-order valence-corrected chi connectivity index (χ3v) is 8.28. The number of imide groups is 1. The van der Waals surface area contributed by atoms with Crippen LogP contribution in [0.15, 0.2) is 42.5 Å². The summed E-state index contributed by atoms with van der Waals surface area (Å²) in [4.78, 5) is 44.4. The lowest BCUT2D eigenvalue weighted by atomic mass is 9.38.